The molecule has 0 unspecified atom stereocenters. The molecule has 133 valence electrons. The predicted octanol–water partition coefficient (Wildman–Crippen LogP) is 5.92. The molecule has 0 aromatic heterocycles. The number of hydrogen-bond acceptors (Lipinski definition) is 2. The Balaban J connectivity index is 1.71. The molecule has 1 aliphatic carbocycles. The highest BCUT2D eigenvalue weighted by Crippen LogP contribution is 2.52. The third-order valence-corrected chi connectivity index (χ3v) is 4.71. The van der Waals surface area contributed by atoms with Crippen LogP contribution >= 0.6 is 11.6 Å². The first-order valence-corrected chi connectivity index (χ1v) is 8.22. The smallest absolute Gasteiger partial charge is 0.496 e. The molecule has 0 bridgehead atoms. The molecule has 0 atom stereocenters. The lowest BCUT2D eigenvalue weighted by atomic mass is 9.89. The highest BCUT2D eigenvalue weighted by molar-refractivity contribution is 6.30. The Morgan fingerprint density at radius 1 is 1.12 bits per heavy atom. The van der Waals surface area contributed by atoms with Gasteiger partial charge < -0.3 is 9.47 Å². The van der Waals surface area contributed by atoms with Gasteiger partial charge in [-0.05, 0) is 60.4 Å². The fourth-order valence-electron chi connectivity index (χ4n) is 2.93. The Morgan fingerprint density at radius 3 is 2.36 bits per heavy atom. The highest BCUT2D eigenvalue weighted by Gasteiger charge is 2.43. The molecule has 0 N–H and O–H groups in total. The van der Waals surface area contributed by atoms with Crippen molar-refractivity contribution in [3.63, 3.8) is 0 Å². The summed E-state index contributed by atoms with van der Waals surface area (Å²) in [6, 6.07) is 11.9. The van der Waals surface area contributed by atoms with E-state index in [2.05, 4.69) is 4.74 Å². The highest BCUT2D eigenvalue weighted by atomic mass is 35.5. The quantitative estimate of drug-likeness (QED) is 0.629. The zero-order valence-corrected chi connectivity index (χ0v) is 14.3. The molecular weight excluding hydrogens is 353 g/mol. The molecule has 6 heteroatoms. The SMILES string of the molecule is COc1cc(OC(F)(F)F)ccc1[CH]CC1(c2ccc(Cl)cc2)CC1. The van der Waals surface area contributed by atoms with Crippen LogP contribution in [0.5, 0.6) is 11.5 Å². The summed E-state index contributed by atoms with van der Waals surface area (Å²) in [5.74, 6) is 0.0639. The molecule has 0 spiro atoms. The Labute approximate surface area is 149 Å². The molecule has 0 saturated heterocycles. The van der Waals surface area contributed by atoms with Gasteiger partial charge in [0.15, 0.2) is 0 Å². The topological polar surface area (TPSA) is 18.5 Å². The molecule has 2 aromatic rings. The number of alkyl halides is 3. The lowest BCUT2D eigenvalue weighted by molar-refractivity contribution is -0.274. The lowest BCUT2D eigenvalue weighted by Crippen LogP contribution is -2.17. The summed E-state index contributed by atoms with van der Waals surface area (Å²) in [4.78, 5) is 0. The number of methoxy groups -OCH3 is 1. The van der Waals surface area contributed by atoms with Gasteiger partial charge in [0.05, 0.1) is 7.11 Å². The van der Waals surface area contributed by atoms with Crippen molar-refractivity contribution in [2.45, 2.75) is 31.0 Å². The van der Waals surface area contributed by atoms with Crippen molar-refractivity contribution < 1.29 is 22.6 Å². The van der Waals surface area contributed by atoms with E-state index in [4.69, 9.17) is 16.3 Å². The molecule has 25 heavy (non-hydrogen) atoms. The normalized spacial score (nSPS) is 15.7. The van der Waals surface area contributed by atoms with Crippen LogP contribution < -0.4 is 9.47 Å². The number of rotatable bonds is 6. The van der Waals surface area contributed by atoms with E-state index < -0.39 is 6.36 Å². The van der Waals surface area contributed by atoms with Gasteiger partial charge in [0.2, 0.25) is 0 Å². The summed E-state index contributed by atoms with van der Waals surface area (Å²) in [5.41, 5.74) is 2.05. The van der Waals surface area contributed by atoms with Gasteiger partial charge in [-0.1, -0.05) is 29.8 Å². The van der Waals surface area contributed by atoms with Crippen LogP contribution in [0.2, 0.25) is 5.02 Å². The standard InChI is InChI=1S/C19H17ClF3O2/c1-24-17-12-16(25-19(21,22)23)7-2-13(17)8-9-18(10-11-18)14-3-5-15(20)6-4-14/h2-8,12H,9-11H2,1H3. The van der Waals surface area contributed by atoms with Crippen LogP contribution in [0.1, 0.15) is 30.4 Å². The number of benzene rings is 2. The Kier molecular flexibility index (Phi) is 4.87. The molecule has 0 heterocycles. The van der Waals surface area contributed by atoms with E-state index >= 15 is 0 Å². The van der Waals surface area contributed by atoms with E-state index in [0.717, 1.165) is 24.8 Å². The van der Waals surface area contributed by atoms with Crippen LogP contribution in [0.15, 0.2) is 42.5 Å². The Bertz CT molecular complexity index is 737. The van der Waals surface area contributed by atoms with E-state index in [-0.39, 0.29) is 11.2 Å². The van der Waals surface area contributed by atoms with Crippen LogP contribution in [0, 0.1) is 6.42 Å². The summed E-state index contributed by atoms with van der Waals surface area (Å²) < 4.78 is 46.1. The summed E-state index contributed by atoms with van der Waals surface area (Å²) in [7, 11) is 1.43. The largest absolute Gasteiger partial charge is 0.573 e. The zero-order chi connectivity index (χ0) is 18.1. The summed E-state index contributed by atoms with van der Waals surface area (Å²) in [5, 5.41) is 0.699. The monoisotopic (exact) mass is 369 g/mol. The molecule has 1 aliphatic rings. The maximum atomic E-state index is 12.3. The second-order valence-corrected chi connectivity index (χ2v) is 6.58. The van der Waals surface area contributed by atoms with E-state index in [0.29, 0.717) is 10.8 Å². The molecule has 1 radical (unpaired) electrons. The van der Waals surface area contributed by atoms with Gasteiger partial charge >= 0.3 is 6.36 Å². The first kappa shape index (κ1) is 17.9. The number of ether oxygens (including phenoxy) is 2. The second-order valence-electron chi connectivity index (χ2n) is 6.15. The molecular formula is C19H17ClF3O2. The number of hydrogen-bond donors (Lipinski definition) is 0. The number of halogens is 4. The van der Waals surface area contributed by atoms with Crippen molar-refractivity contribution in [1.82, 2.24) is 0 Å². The van der Waals surface area contributed by atoms with E-state index in [1.165, 1.54) is 24.8 Å². The summed E-state index contributed by atoms with van der Waals surface area (Å²) in [6.07, 6.45) is 0.205. The fraction of sp³-hybridized carbons (Fsp3) is 0.316. The fourth-order valence-corrected chi connectivity index (χ4v) is 3.05. The van der Waals surface area contributed by atoms with E-state index in [1.54, 1.807) is 6.07 Å². The van der Waals surface area contributed by atoms with Crippen LogP contribution in [0.3, 0.4) is 0 Å². The van der Waals surface area contributed by atoms with Crippen molar-refractivity contribution >= 4 is 11.6 Å². The second kappa shape index (κ2) is 6.79. The van der Waals surface area contributed by atoms with Crippen molar-refractivity contribution in [2.24, 2.45) is 0 Å². The first-order chi connectivity index (χ1) is 11.8. The van der Waals surface area contributed by atoms with Crippen LogP contribution in [0.4, 0.5) is 13.2 Å². The van der Waals surface area contributed by atoms with Gasteiger partial charge in [-0.3, -0.25) is 0 Å². The van der Waals surface area contributed by atoms with Crippen molar-refractivity contribution in [1.29, 1.82) is 0 Å². The zero-order valence-electron chi connectivity index (χ0n) is 13.6. The molecule has 2 nitrogen and oxygen atoms in total. The summed E-state index contributed by atoms with van der Waals surface area (Å²) in [6.45, 7) is 0. The van der Waals surface area contributed by atoms with Gasteiger partial charge in [0.25, 0.3) is 0 Å². The maximum absolute atomic E-state index is 12.3. The minimum Gasteiger partial charge on any atom is -0.496 e. The molecule has 1 saturated carbocycles. The van der Waals surface area contributed by atoms with E-state index in [1.807, 2.05) is 30.7 Å². The molecule has 3 rings (SSSR count). The molecule has 2 aromatic carbocycles. The Morgan fingerprint density at radius 2 is 1.80 bits per heavy atom. The third-order valence-electron chi connectivity index (χ3n) is 4.46. The minimum atomic E-state index is -4.72. The summed E-state index contributed by atoms with van der Waals surface area (Å²) >= 11 is 5.94. The van der Waals surface area contributed by atoms with Gasteiger partial charge in [-0.15, -0.1) is 13.2 Å². The first-order valence-electron chi connectivity index (χ1n) is 7.84. The van der Waals surface area contributed by atoms with Gasteiger partial charge in [-0.2, -0.15) is 0 Å². The van der Waals surface area contributed by atoms with Gasteiger partial charge in [0, 0.05) is 11.1 Å². The Hall–Kier alpha value is -1.88. The average Bonchev–Trinajstić information content (AvgIpc) is 3.34. The lowest BCUT2D eigenvalue weighted by Gasteiger charge is -2.17. The van der Waals surface area contributed by atoms with Gasteiger partial charge in [-0.25, -0.2) is 0 Å². The van der Waals surface area contributed by atoms with Crippen molar-refractivity contribution in [3.05, 3.63) is 65.0 Å². The maximum Gasteiger partial charge on any atom is 0.573 e. The minimum absolute atomic E-state index is 0.0801. The van der Waals surface area contributed by atoms with Gasteiger partial charge in [0.1, 0.15) is 11.5 Å². The van der Waals surface area contributed by atoms with Crippen LogP contribution in [-0.4, -0.2) is 13.5 Å². The van der Waals surface area contributed by atoms with Crippen LogP contribution in [-0.2, 0) is 5.41 Å². The average molecular weight is 370 g/mol. The molecule has 0 amide bonds. The van der Waals surface area contributed by atoms with Crippen LogP contribution in [0.25, 0.3) is 0 Å². The van der Waals surface area contributed by atoms with E-state index in [9.17, 15) is 13.2 Å². The van der Waals surface area contributed by atoms with Crippen molar-refractivity contribution in [2.75, 3.05) is 7.11 Å². The molecule has 0 aliphatic heterocycles. The third kappa shape index (κ3) is 4.40. The predicted molar refractivity (Wildman–Crippen MR) is 90.1 cm³/mol. The van der Waals surface area contributed by atoms with Crippen molar-refractivity contribution in [3.8, 4) is 11.5 Å². The molecule has 1 fully saturated rings.